The van der Waals surface area contributed by atoms with Crippen LogP contribution >= 0.6 is 0 Å². The number of aromatic amines is 2. The summed E-state index contributed by atoms with van der Waals surface area (Å²) in [6.45, 7) is 2.29. The largest absolute Gasteiger partial charge is 0.493 e. The molecule has 0 atom stereocenters. The van der Waals surface area contributed by atoms with E-state index in [1.165, 1.54) is 6.08 Å². The van der Waals surface area contributed by atoms with Crippen molar-refractivity contribution in [2.75, 3.05) is 6.61 Å². The first-order valence-corrected chi connectivity index (χ1v) is 7.85. The fourth-order valence-electron chi connectivity index (χ4n) is 2.69. The van der Waals surface area contributed by atoms with Crippen molar-refractivity contribution in [1.29, 1.82) is 0 Å². The monoisotopic (exact) mass is 353 g/mol. The Hall–Kier alpha value is -3.68. The van der Waals surface area contributed by atoms with Gasteiger partial charge in [-0.25, -0.2) is 4.79 Å². The van der Waals surface area contributed by atoms with Crippen LogP contribution in [-0.4, -0.2) is 21.5 Å². The van der Waals surface area contributed by atoms with Crippen LogP contribution in [0.15, 0.2) is 46.0 Å². The zero-order chi connectivity index (χ0) is 18.7. The Morgan fingerprint density at radius 2 is 1.88 bits per heavy atom. The molecule has 0 aliphatic rings. The number of hydrogen-bond acceptors (Lipinski definition) is 5. The van der Waals surface area contributed by atoms with E-state index in [9.17, 15) is 19.7 Å². The molecule has 2 N–H and O–H groups in total. The molecule has 0 saturated heterocycles. The van der Waals surface area contributed by atoms with Gasteiger partial charge in [0.15, 0.2) is 0 Å². The molecular formula is C18H15N3O5. The quantitative estimate of drug-likeness (QED) is 0.540. The smallest absolute Gasteiger partial charge is 0.357 e. The standard InChI is InChI=1S/C18H15N3O5/c1-2-26-15-10-7-11-5-3-4-6-12(11)13(15)8-9-14-16(21(24)25)17(22)20-18(23)19-14/h3-10H,2H2,1H3,(H2,19,20,22,23)/b9-8+. The SMILES string of the molecule is CCOc1ccc2ccccc2c1/C=C/c1[nH]c(=O)[nH]c(=O)c1[N+](=O)[O-]. The number of H-pyrrole nitrogens is 2. The molecule has 0 fully saturated rings. The van der Waals surface area contributed by atoms with Gasteiger partial charge in [-0.3, -0.25) is 19.9 Å². The minimum absolute atomic E-state index is 0.181. The van der Waals surface area contributed by atoms with Gasteiger partial charge < -0.3 is 9.72 Å². The van der Waals surface area contributed by atoms with Gasteiger partial charge in [0.25, 0.3) is 0 Å². The Balaban J connectivity index is 2.21. The normalized spacial score (nSPS) is 11.1. The third-order valence-electron chi connectivity index (χ3n) is 3.78. The highest BCUT2D eigenvalue weighted by Gasteiger charge is 2.19. The summed E-state index contributed by atoms with van der Waals surface area (Å²) in [5.41, 5.74) is -2.08. The molecule has 0 aliphatic carbocycles. The van der Waals surface area contributed by atoms with Gasteiger partial charge in [0.05, 0.1) is 11.5 Å². The molecule has 3 aromatic rings. The summed E-state index contributed by atoms with van der Waals surface area (Å²) in [5, 5.41) is 13.0. The van der Waals surface area contributed by atoms with Crippen molar-refractivity contribution in [3.63, 3.8) is 0 Å². The van der Waals surface area contributed by atoms with Gasteiger partial charge in [-0.15, -0.1) is 0 Å². The molecular weight excluding hydrogens is 338 g/mol. The van der Waals surface area contributed by atoms with Crippen molar-refractivity contribution in [1.82, 2.24) is 9.97 Å². The van der Waals surface area contributed by atoms with Crippen LogP contribution in [0.3, 0.4) is 0 Å². The summed E-state index contributed by atoms with van der Waals surface area (Å²) in [6, 6.07) is 11.3. The predicted molar refractivity (Wildman–Crippen MR) is 98.4 cm³/mol. The highest BCUT2D eigenvalue weighted by molar-refractivity contribution is 5.95. The topological polar surface area (TPSA) is 118 Å². The number of nitro groups is 1. The Morgan fingerprint density at radius 1 is 1.12 bits per heavy atom. The van der Waals surface area contributed by atoms with Gasteiger partial charge in [-0.05, 0) is 35.9 Å². The lowest BCUT2D eigenvalue weighted by atomic mass is 10.0. The average molecular weight is 353 g/mol. The first-order valence-electron chi connectivity index (χ1n) is 7.85. The maximum absolute atomic E-state index is 11.7. The average Bonchev–Trinajstić information content (AvgIpc) is 2.60. The molecule has 0 unspecified atom stereocenters. The summed E-state index contributed by atoms with van der Waals surface area (Å²) in [6.07, 6.45) is 2.92. The molecule has 0 bridgehead atoms. The van der Waals surface area contributed by atoms with Crippen molar-refractivity contribution in [3.05, 3.63) is 78.6 Å². The van der Waals surface area contributed by atoms with Gasteiger partial charge >= 0.3 is 16.9 Å². The molecule has 0 radical (unpaired) electrons. The molecule has 0 saturated carbocycles. The van der Waals surface area contributed by atoms with Gasteiger partial charge in [0.1, 0.15) is 11.4 Å². The van der Waals surface area contributed by atoms with E-state index in [1.807, 2.05) is 42.2 Å². The number of hydrogen-bond donors (Lipinski definition) is 2. The third kappa shape index (κ3) is 3.25. The minimum Gasteiger partial charge on any atom is -0.493 e. The maximum atomic E-state index is 11.7. The van der Waals surface area contributed by atoms with Crippen molar-refractivity contribution >= 4 is 28.6 Å². The van der Waals surface area contributed by atoms with E-state index >= 15 is 0 Å². The van der Waals surface area contributed by atoms with E-state index in [1.54, 1.807) is 12.1 Å². The van der Waals surface area contributed by atoms with Crippen LogP contribution in [0.1, 0.15) is 18.2 Å². The lowest BCUT2D eigenvalue weighted by Gasteiger charge is -2.10. The second-order valence-corrected chi connectivity index (χ2v) is 5.39. The predicted octanol–water partition coefficient (Wildman–Crippen LogP) is 2.69. The fraction of sp³-hybridized carbons (Fsp3) is 0.111. The third-order valence-corrected chi connectivity index (χ3v) is 3.78. The Kier molecular flexibility index (Phi) is 4.66. The highest BCUT2D eigenvalue weighted by Crippen LogP contribution is 2.30. The van der Waals surface area contributed by atoms with E-state index in [0.717, 1.165) is 10.8 Å². The van der Waals surface area contributed by atoms with Gasteiger partial charge in [-0.2, -0.15) is 0 Å². The number of ether oxygens (including phenoxy) is 1. The lowest BCUT2D eigenvalue weighted by molar-refractivity contribution is -0.386. The first kappa shape index (κ1) is 17.2. The zero-order valence-electron chi connectivity index (χ0n) is 13.8. The zero-order valence-corrected chi connectivity index (χ0v) is 13.8. The van der Waals surface area contributed by atoms with Crippen LogP contribution in [0.2, 0.25) is 0 Å². The molecule has 0 aliphatic heterocycles. The van der Waals surface area contributed by atoms with E-state index in [-0.39, 0.29) is 5.69 Å². The van der Waals surface area contributed by atoms with Crippen molar-refractivity contribution in [3.8, 4) is 5.75 Å². The first-order chi connectivity index (χ1) is 12.5. The summed E-state index contributed by atoms with van der Waals surface area (Å²) in [4.78, 5) is 37.7. The van der Waals surface area contributed by atoms with Gasteiger partial charge in [-0.1, -0.05) is 30.3 Å². The van der Waals surface area contributed by atoms with Crippen molar-refractivity contribution < 1.29 is 9.66 Å². The minimum atomic E-state index is -1.05. The summed E-state index contributed by atoms with van der Waals surface area (Å²) < 4.78 is 5.63. The summed E-state index contributed by atoms with van der Waals surface area (Å²) in [7, 11) is 0. The molecule has 26 heavy (non-hydrogen) atoms. The van der Waals surface area contributed by atoms with Gasteiger partial charge in [0, 0.05) is 5.56 Å². The van der Waals surface area contributed by atoms with Gasteiger partial charge in [0.2, 0.25) is 0 Å². The van der Waals surface area contributed by atoms with Crippen molar-refractivity contribution in [2.45, 2.75) is 6.92 Å². The van der Waals surface area contributed by atoms with Crippen LogP contribution in [0.5, 0.6) is 5.75 Å². The second kappa shape index (κ2) is 7.06. The molecule has 1 heterocycles. The van der Waals surface area contributed by atoms with Crippen molar-refractivity contribution in [2.24, 2.45) is 0 Å². The Labute approximate surface area is 146 Å². The molecule has 8 nitrogen and oxygen atoms in total. The Bertz CT molecular complexity index is 1130. The van der Waals surface area contributed by atoms with E-state index in [2.05, 4.69) is 4.98 Å². The lowest BCUT2D eigenvalue weighted by Crippen LogP contribution is -2.25. The number of nitrogens with one attached hydrogen (secondary N) is 2. The van der Waals surface area contributed by atoms with E-state index < -0.39 is 21.9 Å². The van der Waals surface area contributed by atoms with Crippen LogP contribution in [0.4, 0.5) is 5.69 Å². The number of rotatable bonds is 5. The van der Waals surface area contributed by atoms with Crippen LogP contribution in [0.25, 0.3) is 22.9 Å². The van der Waals surface area contributed by atoms with Crippen LogP contribution in [0, 0.1) is 10.1 Å². The van der Waals surface area contributed by atoms with E-state index in [4.69, 9.17) is 4.74 Å². The molecule has 8 heteroatoms. The number of nitrogens with zero attached hydrogens (tertiary/aromatic N) is 1. The molecule has 132 valence electrons. The van der Waals surface area contributed by atoms with E-state index in [0.29, 0.717) is 17.9 Å². The number of aromatic nitrogens is 2. The second-order valence-electron chi connectivity index (χ2n) is 5.39. The Morgan fingerprint density at radius 3 is 2.62 bits per heavy atom. The van der Waals surface area contributed by atoms with Crippen LogP contribution < -0.4 is 16.0 Å². The highest BCUT2D eigenvalue weighted by atomic mass is 16.6. The maximum Gasteiger partial charge on any atom is 0.357 e. The molecule has 0 amide bonds. The molecule has 2 aromatic carbocycles. The molecule has 1 aromatic heterocycles. The molecule has 0 spiro atoms. The number of benzene rings is 2. The fourth-order valence-corrected chi connectivity index (χ4v) is 2.69. The number of fused-ring (bicyclic) bond motifs is 1. The summed E-state index contributed by atoms with van der Waals surface area (Å²) in [5.74, 6) is 0.595. The molecule has 3 rings (SSSR count). The van der Waals surface area contributed by atoms with Crippen LogP contribution in [-0.2, 0) is 0 Å². The summed E-state index contributed by atoms with van der Waals surface area (Å²) >= 11 is 0.